The maximum absolute atomic E-state index is 5.71. The highest BCUT2D eigenvalue weighted by atomic mass is 79.9. The van der Waals surface area contributed by atoms with Crippen LogP contribution in [-0.2, 0) is 0 Å². The van der Waals surface area contributed by atoms with Crippen molar-refractivity contribution in [2.45, 2.75) is 19.4 Å². The van der Waals surface area contributed by atoms with Crippen LogP contribution in [0.5, 0.6) is 0 Å². The van der Waals surface area contributed by atoms with Crippen LogP contribution in [0.1, 0.15) is 25.1 Å². The average Bonchev–Trinajstić information content (AvgIpc) is 2.73. The van der Waals surface area contributed by atoms with Crippen LogP contribution in [0.25, 0.3) is 0 Å². The minimum atomic E-state index is 0. The molecule has 1 aromatic rings. The standard InChI is InChI=1S/C13H19BrN2O.2ClH/c1-10(2)9-11(12-3-4-13(14)17-12)16-7-5-15-6-8-16;;/h3-4,11,15H,1,5-9H2,2H3;2*1H/t11-;;/m1../s1. The molecule has 0 bridgehead atoms. The number of nitrogens with zero attached hydrogens (tertiary/aromatic N) is 1. The Morgan fingerprint density at radius 2 is 2.05 bits per heavy atom. The third-order valence-electron chi connectivity index (χ3n) is 3.06. The summed E-state index contributed by atoms with van der Waals surface area (Å²) in [5.41, 5.74) is 1.20. The molecule has 0 aromatic carbocycles. The molecule has 1 saturated heterocycles. The fourth-order valence-electron chi connectivity index (χ4n) is 2.24. The highest BCUT2D eigenvalue weighted by Crippen LogP contribution is 2.30. The van der Waals surface area contributed by atoms with Crippen molar-refractivity contribution in [3.8, 4) is 0 Å². The molecule has 2 rings (SSSR count). The summed E-state index contributed by atoms with van der Waals surface area (Å²) in [6, 6.07) is 4.34. The number of furan rings is 1. The molecule has 19 heavy (non-hydrogen) atoms. The van der Waals surface area contributed by atoms with E-state index >= 15 is 0 Å². The summed E-state index contributed by atoms with van der Waals surface area (Å²) < 4.78 is 6.51. The minimum absolute atomic E-state index is 0. The lowest BCUT2D eigenvalue weighted by Crippen LogP contribution is -2.45. The van der Waals surface area contributed by atoms with Crippen LogP contribution in [-0.4, -0.2) is 31.1 Å². The largest absolute Gasteiger partial charge is 0.453 e. The van der Waals surface area contributed by atoms with Gasteiger partial charge in [-0.05, 0) is 41.4 Å². The van der Waals surface area contributed by atoms with Crippen LogP contribution in [0.2, 0.25) is 0 Å². The third kappa shape index (κ3) is 5.48. The molecule has 1 aromatic heterocycles. The van der Waals surface area contributed by atoms with E-state index in [4.69, 9.17) is 4.42 Å². The molecule has 0 saturated carbocycles. The topological polar surface area (TPSA) is 28.4 Å². The molecule has 3 nitrogen and oxygen atoms in total. The van der Waals surface area contributed by atoms with Crippen molar-refractivity contribution in [1.82, 2.24) is 10.2 Å². The zero-order valence-electron chi connectivity index (χ0n) is 11.0. The molecule has 0 amide bonds. The predicted octanol–water partition coefficient (Wildman–Crippen LogP) is 3.80. The summed E-state index contributed by atoms with van der Waals surface area (Å²) >= 11 is 3.37. The van der Waals surface area contributed by atoms with Gasteiger partial charge in [-0.15, -0.1) is 31.4 Å². The first kappa shape index (κ1) is 19.0. The first-order chi connectivity index (χ1) is 8.16. The monoisotopic (exact) mass is 370 g/mol. The van der Waals surface area contributed by atoms with Gasteiger partial charge in [-0.1, -0.05) is 5.57 Å². The van der Waals surface area contributed by atoms with Gasteiger partial charge >= 0.3 is 0 Å². The maximum Gasteiger partial charge on any atom is 0.169 e. The number of hydrogen-bond acceptors (Lipinski definition) is 3. The van der Waals surface area contributed by atoms with Gasteiger partial charge in [0.25, 0.3) is 0 Å². The van der Waals surface area contributed by atoms with Gasteiger partial charge < -0.3 is 9.73 Å². The highest BCUT2D eigenvalue weighted by molar-refractivity contribution is 9.10. The van der Waals surface area contributed by atoms with Gasteiger partial charge in [0.1, 0.15) is 5.76 Å². The lowest BCUT2D eigenvalue weighted by Gasteiger charge is -2.34. The van der Waals surface area contributed by atoms with E-state index in [1.165, 1.54) is 5.57 Å². The van der Waals surface area contributed by atoms with Crippen molar-refractivity contribution in [3.63, 3.8) is 0 Å². The number of halogens is 3. The Hall–Kier alpha value is -0.000000000000000111. The first-order valence-corrected chi connectivity index (χ1v) is 6.80. The fraction of sp³-hybridized carbons (Fsp3) is 0.538. The first-order valence-electron chi connectivity index (χ1n) is 6.01. The van der Waals surface area contributed by atoms with Crippen LogP contribution >= 0.6 is 40.7 Å². The summed E-state index contributed by atoms with van der Waals surface area (Å²) in [6.07, 6.45) is 0.958. The van der Waals surface area contributed by atoms with Gasteiger partial charge in [0.15, 0.2) is 4.67 Å². The smallest absolute Gasteiger partial charge is 0.169 e. The summed E-state index contributed by atoms with van der Waals surface area (Å²) in [6.45, 7) is 10.3. The van der Waals surface area contributed by atoms with Crippen molar-refractivity contribution < 1.29 is 4.42 Å². The molecule has 1 aliphatic heterocycles. The normalized spacial score (nSPS) is 17.2. The van der Waals surface area contributed by atoms with Crippen molar-refractivity contribution in [2.24, 2.45) is 0 Å². The van der Waals surface area contributed by atoms with Crippen molar-refractivity contribution >= 4 is 40.7 Å². The Morgan fingerprint density at radius 3 is 2.53 bits per heavy atom. The Bertz CT molecular complexity index is 392. The van der Waals surface area contributed by atoms with Crippen molar-refractivity contribution in [1.29, 1.82) is 0 Å². The quantitative estimate of drug-likeness (QED) is 0.816. The zero-order valence-corrected chi connectivity index (χ0v) is 14.2. The minimum Gasteiger partial charge on any atom is -0.453 e. The second-order valence-electron chi connectivity index (χ2n) is 4.60. The molecule has 0 spiro atoms. The van der Waals surface area contributed by atoms with Gasteiger partial charge in [-0.25, -0.2) is 0 Å². The molecular formula is C13H21BrCl2N2O. The van der Waals surface area contributed by atoms with E-state index in [2.05, 4.69) is 45.7 Å². The van der Waals surface area contributed by atoms with E-state index in [0.717, 1.165) is 43.0 Å². The molecule has 1 N–H and O–H groups in total. The van der Waals surface area contributed by atoms with Crippen LogP contribution in [0.4, 0.5) is 0 Å². The van der Waals surface area contributed by atoms with E-state index in [0.29, 0.717) is 6.04 Å². The molecule has 0 unspecified atom stereocenters. The number of hydrogen-bond donors (Lipinski definition) is 1. The molecule has 1 atom stereocenters. The number of piperazine rings is 1. The van der Waals surface area contributed by atoms with Crippen molar-refractivity contribution in [2.75, 3.05) is 26.2 Å². The van der Waals surface area contributed by atoms with E-state index in [-0.39, 0.29) is 24.8 Å². The molecule has 2 heterocycles. The van der Waals surface area contributed by atoms with Crippen LogP contribution in [0, 0.1) is 0 Å². The summed E-state index contributed by atoms with van der Waals surface area (Å²) in [5.74, 6) is 1.03. The predicted molar refractivity (Wildman–Crippen MR) is 87.5 cm³/mol. The second-order valence-corrected chi connectivity index (χ2v) is 5.39. The molecule has 6 heteroatoms. The fourth-order valence-corrected chi connectivity index (χ4v) is 2.56. The lowest BCUT2D eigenvalue weighted by molar-refractivity contribution is 0.152. The Morgan fingerprint density at radius 1 is 1.42 bits per heavy atom. The van der Waals surface area contributed by atoms with Gasteiger partial charge in [0, 0.05) is 26.2 Å². The Balaban J connectivity index is 0.00000162. The van der Waals surface area contributed by atoms with E-state index in [9.17, 15) is 0 Å². The van der Waals surface area contributed by atoms with E-state index in [1.807, 2.05) is 6.07 Å². The number of nitrogens with one attached hydrogen (secondary N) is 1. The van der Waals surface area contributed by atoms with E-state index < -0.39 is 0 Å². The molecule has 110 valence electrons. The summed E-state index contributed by atoms with van der Waals surface area (Å²) in [5, 5.41) is 3.38. The Kier molecular flexibility index (Phi) is 9.03. The van der Waals surface area contributed by atoms with E-state index in [1.54, 1.807) is 0 Å². The molecule has 0 radical (unpaired) electrons. The summed E-state index contributed by atoms with van der Waals surface area (Å²) in [4.78, 5) is 2.47. The second kappa shape index (κ2) is 9.03. The Labute approximate surface area is 135 Å². The average molecular weight is 372 g/mol. The summed E-state index contributed by atoms with van der Waals surface area (Å²) in [7, 11) is 0. The molecule has 1 fully saturated rings. The maximum atomic E-state index is 5.71. The van der Waals surface area contributed by atoms with Crippen LogP contribution in [0.3, 0.4) is 0 Å². The van der Waals surface area contributed by atoms with Gasteiger partial charge in [0.2, 0.25) is 0 Å². The SMILES string of the molecule is C=C(C)C[C@H](c1ccc(Br)o1)N1CCNCC1.Cl.Cl. The zero-order chi connectivity index (χ0) is 12.3. The molecule has 1 aliphatic rings. The lowest BCUT2D eigenvalue weighted by atomic mass is 10.0. The van der Waals surface area contributed by atoms with Crippen LogP contribution < -0.4 is 5.32 Å². The van der Waals surface area contributed by atoms with Crippen LogP contribution in [0.15, 0.2) is 33.4 Å². The van der Waals surface area contributed by atoms with Gasteiger partial charge in [0.05, 0.1) is 6.04 Å². The third-order valence-corrected chi connectivity index (χ3v) is 3.48. The highest BCUT2D eigenvalue weighted by Gasteiger charge is 2.24. The molecule has 0 aliphatic carbocycles. The number of rotatable bonds is 4. The van der Waals surface area contributed by atoms with Gasteiger partial charge in [-0.3, -0.25) is 4.90 Å². The van der Waals surface area contributed by atoms with Crippen molar-refractivity contribution in [3.05, 3.63) is 34.7 Å². The van der Waals surface area contributed by atoms with Gasteiger partial charge in [-0.2, -0.15) is 0 Å². The molecular weight excluding hydrogens is 351 g/mol.